The van der Waals surface area contributed by atoms with E-state index in [2.05, 4.69) is 35.3 Å². The fraction of sp³-hybridized carbons (Fsp3) is 0.250. The summed E-state index contributed by atoms with van der Waals surface area (Å²) in [7, 11) is -3.94. The fourth-order valence-corrected chi connectivity index (χ4v) is 6.61. The van der Waals surface area contributed by atoms with E-state index in [9.17, 15) is 12.8 Å². The van der Waals surface area contributed by atoms with Crippen LogP contribution < -0.4 is 20.1 Å². The minimum Gasteiger partial charge on any atom is -0.437 e. The second-order valence-electron chi connectivity index (χ2n) is 11.3. The summed E-state index contributed by atoms with van der Waals surface area (Å²) >= 11 is 0. The summed E-state index contributed by atoms with van der Waals surface area (Å²) in [6, 6.07) is 16.2. The van der Waals surface area contributed by atoms with Crippen LogP contribution in [0, 0.1) is 12.7 Å². The number of piperidine rings is 1. The van der Waals surface area contributed by atoms with Crippen molar-refractivity contribution in [3.8, 4) is 22.9 Å². The van der Waals surface area contributed by atoms with E-state index in [0.29, 0.717) is 57.8 Å². The van der Waals surface area contributed by atoms with Crippen molar-refractivity contribution in [1.29, 1.82) is 0 Å². The number of alkyl halides is 1. The van der Waals surface area contributed by atoms with Gasteiger partial charge in [-0.25, -0.2) is 37.1 Å². The van der Waals surface area contributed by atoms with Crippen LogP contribution in [0.1, 0.15) is 24.5 Å². The standard InChI is InChI=1S/C32H31F2N7O3S/c1-20-8-9-23-24(10-11-26(33)28(23)41-45(42,43)17-21-6-4-3-5-7-21)29(20)44-30-25(16-36-19-38-30)27-12-13-37-31(40-27)39-22-14-32(2,34)18-35-15-22/h3-13,16,19,22,35,41H,14-15,17-18H2,1-2H3,(H,37,39,40)/t22-,32-/m0/s1. The van der Waals surface area contributed by atoms with Crippen LogP contribution in [0.2, 0.25) is 0 Å². The Morgan fingerprint density at radius 3 is 2.67 bits per heavy atom. The van der Waals surface area contributed by atoms with Gasteiger partial charge in [-0.2, -0.15) is 0 Å². The molecule has 3 aromatic carbocycles. The number of hydrogen-bond acceptors (Lipinski definition) is 9. The van der Waals surface area contributed by atoms with Crippen LogP contribution in [0.25, 0.3) is 22.0 Å². The first-order chi connectivity index (χ1) is 21.6. The summed E-state index contributed by atoms with van der Waals surface area (Å²) in [6.45, 7) is 4.24. The minimum atomic E-state index is -3.94. The lowest BCUT2D eigenvalue weighted by atomic mass is 9.95. The van der Waals surface area contributed by atoms with Crippen molar-refractivity contribution in [2.75, 3.05) is 23.1 Å². The van der Waals surface area contributed by atoms with E-state index in [-0.39, 0.29) is 29.9 Å². The number of benzene rings is 3. The molecule has 1 fully saturated rings. The van der Waals surface area contributed by atoms with E-state index in [1.165, 1.54) is 18.5 Å². The number of sulfonamides is 1. The van der Waals surface area contributed by atoms with E-state index in [0.717, 1.165) is 0 Å². The Bertz CT molecular complexity index is 1960. The maximum Gasteiger partial charge on any atom is 0.237 e. The molecule has 6 rings (SSSR count). The van der Waals surface area contributed by atoms with Gasteiger partial charge in [0.1, 0.15) is 23.6 Å². The molecule has 2 aromatic heterocycles. The van der Waals surface area contributed by atoms with Gasteiger partial charge < -0.3 is 15.4 Å². The van der Waals surface area contributed by atoms with E-state index in [1.807, 2.05) is 6.92 Å². The maximum atomic E-state index is 15.1. The number of rotatable bonds is 9. The summed E-state index contributed by atoms with van der Waals surface area (Å²) in [5, 5.41) is 7.07. The molecule has 0 bridgehead atoms. The molecule has 0 spiro atoms. The summed E-state index contributed by atoms with van der Waals surface area (Å²) in [5.41, 5.74) is 0.685. The van der Waals surface area contributed by atoms with Gasteiger partial charge in [-0.1, -0.05) is 42.5 Å². The van der Waals surface area contributed by atoms with Crippen LogP contribution in [-0.4, -0.2) is 53.2 Å². The molecule has 1 aliphatic rings. The first-order valence-electron chi connectivity index (χ1n) is 14.3. The Morgan fingerprint density at radius 1 is 1.07 bits per heavy atom. The molecule has 0 amide bonds. The summed E-state index contributed by atoms with van der Waals surface area (Å²) in [6.07, 6.45) is 4.77. The molecule has 45 heavy (non-hydrogen) atoms. The van der Waals surface area contributed by atoms with Gasteiger partial charge in [0.05, 0.1) is 22.7 Å². The van der Waals surface area contributed by atoms with Crippen LogP contribution in [0.3, 0.4) is 0 Å². The largest absolute Gasteiger partial charge is 0.437 e. The smallest absolute Gasteiger partial charge is 0.237 e. The van der Waals surface area contributed by atoms with Crippen LogP contribution in [0.5, 0.6) is 11.6 Å². The normalized spacial score (nSPS) is 18.4. The summed E-state index contributed by atoms with van der Waals surface area (Å²) in [5.74, 6) is -0.186. The first-order valence-corrected chi connectivity index (χ1v) is 16.0. The van der Waals surface area contributed by atoms with Crippen molar-refractivity contribution in [3.63, 3.8) is 0 Å². The van der Waals surface area contributed by atoms with Gasteiger partial charge in [-0.05, 0) is 43.2 Å². The highest BCUT2D eigenvalue weighted by atomic mass is 32.2. The average molecular weight is 632 g/mol. The average Bonchev–Trinajstić information content (AvgIpc) is 3.00. The van der Waals surface area contributed by atoms with E-state index in [1.54, 1.807) is 67.8 Å². The van der Waals surface area contributed by atoms with Crippen LogP contribution in [0.15, 0.2) is 79.4 Å². The van der Waals surface area contributed by atoms with E-state index in [4.69, 9.17) is 4.74 Å². The molecule has 3 heterocycles. The van der Waals surface area contributed by atoms with Crippen LogP contribution in [0.4, 0.5) is 20.4 Å². The number of ether oxygens (including phenoxy) is 1. The molecule has 0 saturated carbocycles. The molecule has 3 N–H and O–H groups in total. The van der Waals surface area contributed by atoms with Crippen molar-refractivity contribution < 1.29 is 21.9 Å². The molecule has 2 atom stereocenters. The van der Waals surface area contributed by atoms with Crippen molar-refractivity contribution in [3.05, 3.63) is 96.3 Å². The predicted octanol–water partition coefficient (Wildman–Crippen LogP) is 5.77. The highest BCUT2D eigenvalue weighted by molar-refractivity contribution is 7.91. The highest BCUT2D eigenvalue weighted by Gasteiger charge is 2.32. The van der Waals surface area contributed by atoms with Gasteiger partial charge in [0.2, 0.25) is 21.9 Å². The molecule has 0 radical (unpaired) electrons. The molecule has 1 aliphatic heterocycles. The zero-order valence-corrected chi connectivity index (χ0v) is 25.4. The molecule has 5 aromatic rings. The second kappa shape index (κ2) is 12.3. The maximum absolute atomic E-state index is 15.1. The van der Waals surface area contributed by atoms with Gasteiger partial charge in [-0.15, -0.1) is 0 Å². The van der Waals surface area contributed by atoms with Gasteiger partial charge in [0.15, 0.2) is 0 Å². The number of anilines is 2. The SMILES string of the molecule is Cc1ccc2c(NS(=O)(=O)Cc3ccccc3)c(F)ccc2c1Oc1ncncc1-c1ccnc(N[C@@H]2CNC[C@@](C)(F)C2)n1. The van der Waals surface area contributed by atoms with Gasteiger partial charge in [0, 0.05) is 48.7 Å². The van der Waals surface area contributed by atoms with Crippen LogP contribution >= 0.6 is 0 Å². The minimum absolute atomic E-state index is 0.177. The Kier molecular flexibility index (Phi) is 8.30. The quantitative estimate of drug-likeness (QED) is 0.186. The molecule has 232 valence electrons. The molecule has 10 nitrogen and oxygen atoms in total. The lowest BCUT2D eigenvalue weighted by molar-refractivity contribution is 0.137. The Balaban J connectivity index is 1.31. The molecule has 0 aliphatic carbocycles. The molecular weight excluding hydrogens is 600 g/mol. The number of hydrogen-bond donors (Lipinski definition) is 3. The van der Waals surface area contributed by atoms with Crippen molar-refractivity contribution >= 4 is 32.4 Å². The molecular formula is C32H31F2N7O3S. The summed E-state index contributed by atoms with van der Waals surface area (Å²) < 4.78 is 64.6. The third-order valence-corrected chi connectivity index (χ3v) is 8.68. The van der Waals surface area contributed by atoms with Gasteiger partial charge in [-0.3, -0.25) is 4.72 Å². The Labute approximate surface area is 259 Å². The Hall–Kier alpha value is -4.75. The molecule has 13 heteroatoms. The number of fused-ring (bicyclic) bond motifs is 1. The van der Waals surface area contributed by atoms with Crippen molar-refractivity contribution in [2.45, 2.75) is 37.7 Å². The monoisotopic (exact) mass is 631 g/mol. The topological polar surface area (TPSA) is 131 Å². The zero-order valence-electron chi connectivity index (χ0n) is 24.6. The third kappa shape index (κ3) is 6.99. The fourth-order valence-electron chi connectivity index (χ4n) is 5.39. The Morgan fingerprint density at radius 2 is 1.87 bits per heavy atom. The number of nitrogens with zero attached hydrogens (tertiary/aromatic N) is 4. The van der Waals surface area contributed by atoms with E-state index >= 15 is 4.39 Å². The first kappa shape index (κ1) is 30.3. The summed E-state index contributed by atoms with van der Waals surface area (Å²) in [4.78, 5) is 17.4. The lowest BCUT2D eigenvalue weighted by Gasteiger charge is -2.33. The molecule has 1 saturated heterocycles. The predicted molar refractivity (Wildman–Crippen MR) is 169 cm³/mol. The number of aryl methyl sites for hydroxylation is 1. The van der Waals surface area contributed by atoms with E-state index < -0.39 is 21.5 Å². The second-order valence-corrected chi connectivity index (χ2v) is 13.0. The number of aromatic nitrogens is 4. The van der Waals surface area contributed by atoms with Crippen LogP contribution in [-0.2, 0) is 15.8 Å². The van der Waals surface area contributed by atoms with Crippen molar-refractivity contribution in [2.24, 2.45) is 0 Å². The van der Waals surface area contributed by atoms with Gasteiger partial charge >= 0.3 is 0 Å². The zero-order chi connectivity index (χ0) is 31.6. The highest BCUT2D eigenvalue weighted by Crippen LogP contribution is 2.39. The number of nitrogens with one attached hydrogen (secondary N) is 3. The third-order valence-electron chi connectivity index (χ3n) is 7.45. The lowest BCUT2D eigenvalue weighted by Crippen LogP contribution is -2.50. The number of halogens is 2. The van der Waals surface area contributed by atoms with Gasteiger partial charge in [0.25, 0.3) is 0 Å². The molecule has 0 unspecified atom stereocenters. The van der Waals surface area contributed by atoms with Crippen molar-refractivity contribution in [1.82, 2.24) is 25.3 Å².